The van der Waals surface area contributed by atoms with Crippen molar-refractivity contribution in [3.8, 4) is 0 Å². The summed E-state index contributed by atoms with van der Waals surface area (Å²) >= 11 is 0. The van der Waals surface area contributed by atoms with E-state index in [0.717, 1.165) is 19.3 Å². The van der Waals surface area contributed by atoms with E-state index in [1.165, 1.54) is 46.0 Å². The molecule has 0 heterocycles. The number of carbonyl (C=O) groups is 2. The SMILES string of the molecule is CCCCCCCCCCCC(NC(=O)[C@H](C)[C@@H](C)C(=O)O)P(=O)(O)O. The molecule has 0 aromatic carbocycles. The lowest BCUT2D eigenvalue weighted by molar-refractivity contribution is -0.146. The van der Waals surface area contributed by atoms with Crippen molar-refractivity contribution in [2.45, 2.75) is 90.8 Å². The first-order chi connectivity index (χ1) is 12.1. The van der Waals surface area contributed by atoms with E-state index in [9.17, 15) is 23.9 Å². The number of rotatable bonds is 15. The molecule has 0 fully saturated rings. The van der Waals surface area contributed by atoms with Crippen LogP contribution in [0.3, 0.4) is 0 Å². The van der Waals surface area contributed by atoms with Gasteiger partial charge >= 0.3 is 13.6 Å². The van der Waals surface area contributed by atoms with Crippen LogP contribution in [0.2, 0.25) is 0 Å². The van der Waals surface area contributed by atoms with Gasteiger partial charge in [-0.05, 0) is 6.42 Å². The van der Waals surface area contributed by atoms with E-state index in [1.807, 2.05) is 0 Å². The fraction of sp³-hybridized carbons (Fsp3) is 0.889. The van der Waals surface area contributed by atoms with Gasteiger partial charge in [-0.15, -0.1) is 0 Å². The largest absolute Gasteiger partial charge is 0.481 e. The maximum Gasteiger partial charge on any atom is 0.347 e. The summed E-state index contributed by atoms with van der Waals surface area (Å²) in [5, 5.41) is 11.3. The summed E-state index contributed by atoms with van der Waals surface area (Å²) in [7, 11) is -4.48. The highest BCUT2D eigenvalue weighted by Gasteiger charge is 2.33. The molecule has 8 heteroatoms. The fourth-order valence-electron chi connectivity index (χ4n) is 2.71. The molecule has 0 radical (unpaired) electrons. The minimum absolute atomic E-state index is 0.194. The van der Waals surface area contributed by atoms with Gasteiger partial charge in [-0.2, -0.15) is 0 Å². The molecule has 0 aliphatic heterocycles. The third-order valence-electron chi connectivity index (χ3n) is 4.85. The lowest BCUT2D eigenvalue weighted by Crippen LogP contribution is -2.41. The lowest BCUT2D eigenvalue weighted by Gasteiger charge is -2.23. The Labute approximate surface area is 157 Å². The van der Waals surface area contributed by atoms with Gasteiger partial charge in [0.15, 0.2) is 0 Å². The molecule has 1 unspecified atom stereocenters. The van der Waals surface area contributed by atoms with Crippen LogP contribution in [0.25, 0.3) is 0 Å². The van der Waals surface area contributed by atoms with Crippen molar-refractivity contribution in [2.75, 3.05) is 0 Å². The van der Waals surface area contributed by atoms with Crippen LogP contribution < -0.4 is 5.32 Å². The van der Waals surface area contributed by atoms with Crippen molar-refractivity contribution in [1.29, 1.82) is 0 Å². The topological polar surface area (TPSA) is 124 Å². The van der Waals surface area contributed by atoms with Crippen LogP contribution >= 0.6 is 7.60 Å². The van der Waals surface area contributed by atoms with E-state index in [2.05, 4.69) is 12.2 Å². The Bertz CT molecular complexity index is 465. The molecule has 26 heavy (non-hydrogen) atoms. The van der Waals surface area contributed by atoms with Crippen molar-refractivity contribution in [1.82, 2.24) is 5.32 Å². The van der Waals surface area contributed by atoms with Crippen LogP contribution in [0.4, 0.5) is 0 Å². The first-order valence-electron chi connectivity index (χ1n) is 9.69. The number of aliphatic carboxylic acids is 1. The molecule has 4 N–H and O–H groups in total. The summed E-state index contributed by atoms with van der Waals surface area (Å²) in [6.45, 7) is 5.03. The van der Waals surface area contributed by atoms with Gasteiger partial charge in [-0.3, -0.25) is 14.2 Å². The smallest absolute Gasteiger partial charge is 0.347 e. The fourth-order valence-corrected chi connectivity index (χ4v) is 3.52. The first-order valence-corrected chi connectivity index (χ1v) is 11.4. The number of hydrogen-bond donors (Lipinski definition) is 4. The highest BCUT2D eigenvalue weighted by molar-refractivity contribution is 7.52. The summed E-state index contributed by atoms with van der Waals surface area (Å²) in [5.41, 5.74) is 0. The molecular weight excluding hydrogens is 357 g/mol. The summed E-state index contributed by atoms with van der Waals surface area (Å²) in [5.74, 6) is -4.77. The quantitative estimate of drug-likeness (QED) is 0.247. The van der Waals surface area contributed by atoms with E-state index in [1.54, 1.807) is 0 Å². The summed E-state index contributed by atoms with van der Waals surface area (Å²) in [6, 6.07) is 0. The molecule has 0 rings (SSSR count). The van der Waals surface area contributed by atoms with Crippen molar-refractivity contribution in [3.05, 3.63) is 0 Å². The Morgan fingerprint density at radius 1 is 0.885 bits per heavy atom. The summed E-state index contributed by atoms with van der Waals surface area (Å²) in [6.07, 6.45) is 9.97. The van der Waals surface area contributed by atoms with E-state index in [-0.39, 0.29) is 6.42 Å². The Kier molecular flexibility index (Phi) is 12.8. The monoisotopic (exact) mass is 393 g/mol. The van der Waals surface area contributed by atoms with Crippen LogP contribution in [0, 0.1) is 11.8 Å². The minimum atomic E-state index is -4.48. The van der Waals surface area contributed by atoms with Crippen molar-refractivity contribution in [2.24, 2.45) is 11.8 Å². The van der Waals surface area contributed by atoms with Gasteiger partial charge in [0.2, 0.25) is 5.91 Å². The molecule has 0 aromatic heterocycles. The third-order valence-corrected chi connectivity index (χ3v) is 6.05. The number of nitrogens with one attached hydrogen (secondary N) is 1. The van der Waals surface area contributed by atoms with Crippen molar-refractivity contribution in [3.63, 3.8) is 0 Å². The highest BCUT2D eigenvalue weighted by atomic mass is 31.2. The average molecular weight is 393 g/mol. The Balaban J connectivity index is 4.25. The van der Waals surface area contributed by atoms with Gasteiger partial charge in [-0.25, -0.2) is 0 Å². The second-order valence-electron chi connectivity index (χ2n) is 7.15. The second-order valence-corrected chi connectivity index (χ2v) is 8.95. The zero-order valence-corrected chi connectivity index (χ0v) is 17.2. The number of hydrogen-bond acceptors (Lipinski definition) is 3. The predicted octanol–water partition coefficient (Wildman–Crippen LogP) is 3.88. The van der Waals surface area contributed by atoms with Gasteiger partial charge < -0.3 is 20.2 Å². The maximum atomic E-state index is 12.1. The molecule has 0 spiro atoms. The zero-order chi connectivity index (χ0) is 20.2. The van der Waals surface area contributed by atoms with E-state index in [4.69, 9.17) is 5.11 Å². The normalized spacial score (nSPS) is 15.3. The Hall–Kier alpha value is -0.910. The van der Waals surface area contributed by atoms with Crippen LogP contribution in [0.15, 0.2) is 0 Å². The van der Waals surface area contributed by atoms with E-state index in [0.29, 0.717) is 6.42 Å². The number of carboxylic acids is 1. The summed E-state index contributed by atoms with van der Waals surface area (Å²) < 4.78 is 11.6. The second kappa shape index (κ2) is 13.3. The van der Waals surface area contributed by atoms with Crippen LogP contribution in [0.5, 0.6) is 0 Å². The first kappa shape index (κ1) is 25.1. The van der Waals surface area contributed by atoms with Gasteiger partial charge in [0.1, 0.15) is 5.78 Å². The molecule has 1 amide bonds. The molecule has 7 nitrogen and oxygen atoms in total. The van der Waals surface area contributed by atoms with E-state index >= 15 is 0 Å². The molecule has 154 valence electrons. The van der Waals surface area contributed by atoms with Gasteiger partial charge in [0.05, 0.1) is 5.92 Å². The van der Waals surface area contributed by atoms with Crippen molar-refractivity contribution < 1.29 is 29.0 Å². The molecular formula is C18H36NO6P. The number of unbranched alkanes of at least 4 members (excludes halogenated alkanes) is 8. The molecule has 0 bridgehead atoms. The summed E-state index contributed by atoms with van der Waals surface area (Å²) in [4.78, 5) is 42.0. The Morgan fingerprint density at radius 3 is 1.77 bits per heavy atom. The lowest BCUT2D eigenvalue weighted by atomic mass is 9.95. The molecule has 0 aliphatic carbocycles. The highest BCUT2D eigenvalue weighted by Crippen LogP contribution is 2.42. The third kappa shape index (κ3) is 10.9. The predicted molar refractivity (Wildman–Crippen MR) is 102 cm³/mol. The van der Waals surface area contributed by atoms with E-state index < -0.39 is 37.1 Å². The minimum Gasteiger partial charge on any atom is -0.481 e. The average Bonchev–Trinajstić information content (AvgIpc) is 2.56. The van der Waals surface area contributed by atoms with Gasteiger partial charge in [0, 0.05) is 5.92 Å². The molecule has 0 aromatic rings. The molecule has 0 aliphatic rings. The Morgan fingerprint density at radius 2 is 1.35 bits per heavy atom. The van der Waals surface area contributed by atoms with Crippen LogP contribution in [0.1, 0.15) is 85.0 Å². The molecule has 0 saturated heterocycles. The van der Waals surface area contributed by atoms with Gasteiger partial charge in [-0.1, -0.05) is 78.6 Å². The van der Waals surface area contributed by atoms with Crippen molar-refractivity contribution >= 4 is 19.5 Å². The van der Waals surface area contributed by atoms with Gasteiger partial charge in [0.25, 0.3) is 0 Å². The molecule has 3 atom stereocenters. The van der Waals surface area contributed by atoms with Crippen LogP contribution in [-0.4, -0.2) is 32.6 Å². The molecule has 0 saturated carbocycles. The maximum absolute atomic E-state index is 12.1. The number of carboxylic acid groups (broad SMARTS) is 1. The zero-order valence-electron chi connectivity index (χ0n) is 16.3. The standard InChI is InChI=1S/C18H36NO6P/c1-4-5-6-7-8-9-10-11-12-13-16(26(23,24)25)19-17(20)14(2)15(3)18(21)22/h14-16H,4-13H2,1-3H3,(H,19,20)(H,21,22)(H2,23,24,25)/t14-,15-,16?/m1/s1. The number of amides is 1. The number of carbonyl (C=O) groups excluding carboxylic acids is 1. The van der Waals surface area contributed by atoms with Crippen LogP contribution in [-0.2, 0) is 14.2 Å².